The second-order valence-corrected chi connectivity index (χ2v) is 8.95. The Morgan fingerprint density at radius 2 is 1.50 bits per heavy atom. The molecule has 0 aliphatic heterocycles. The molecule has 0 saturated carbocycles. The molecule has 0 spiro atoms. The smallest absolute Gasteiger partial charge is 0.347 e. The molecule has 2 rings (SSSR count). The molecule has 1 unspecified atom stereocenters. The van der Waals surface area contributed by atoms with Gasteiger partial charge in [0.15, 0.2) is 5.60 Å². The fourth-order valence-electron chi connectivity index (χ4n) is 3.06. The van der Waals surface area contributed by atoms with Crippen LogP contribution in [-0.2, 0) is 4.79 Å². The van der Waals surface area contributed by atoms with Crippen LogP contribution in [0.4, 0.5) is 10.5 Å². The Morgan fingerprint density at radius 1 is 0.906 bits per heavy atom. The second-order valence-electron chi connectivity index (χ2n) is 8.95. The van der Waals surface area contributed by atoms with Gasteiger partial charge in [0.2, 0.25) is 0 Å². The van der Waals surface area contributed by atoms with Gasteiger partial charge >= 0.3 is 12.0 Å². The second kappa shape index (κ2) is 9.80. The first-order valence-electron chi connectivity index (χ1n) is 10.2. The van der Waals surface area contributed by atoms with Crippen molar-refractivity contribution < 1.29 is 28.9 Å². The van der Waals surface area contributed by atoms with Crippen molar-refractivity contribution in [2.75, 3.05) is 19.5 Å². The Kier molecular flexibility index (Phi) is 7.61. The van der Waals surface area contributed by atoms with E-state index in [4.69, 9.17) is 14.2 Å². The normalized spacial score (nSPS) is 12.5. The van der Waals surface area contributed by atoms with E-state index in [9.17, 15) is 14.7 Å². The fourth-order valence-corrected chi connectivity index (χ4v) is 3.06. The zero-order chi connectivity index (χ0) is 24.1. The standard InChI is InChI=1S/C24H32N2O6/c1-23(2,3)20(15-8-10-16(11-9-15)32-24(4,5)21(27)28)26-22(29)25-18-13-12-17(30-6)14-19(18)31-7/h8-14,20H,1-7H3,(H,27,28)(H2,25,26,29). The van der Waals surface area contributed by atoms with E-state index >= 15 is 0 Å². The van der Waals surface area contributed by atoms with Gasteiger partial charge in [0.25, 0.3) is 0 Å². The molecule has 8 heteroatoms. The third kappa shape index (κ3) is 6.29. The van der Waals surface area contributed by atoms with Crippen LogP contribution in [0.25, 0.3) is 0 Å². The van der Waals surface area contributed by atoms with Gasteiger partial charge in [-0.05, 0) is 49.1 Å². The van der Waals surface area contributed by atoms with Crippen molar-refractivity contribution in [2.24, 2.45) is 5.41 Å². The number of benzene rings is 2. The third-order valence-corrected chi connectivity index (χ3v) is 4.90. The minimum atomic E-state index is -1.35. The molecule has 8 nitrogen and oxygen atoms in total. The Hall–Kier alpha value is -3.42. The molecule has 0 heterocycles. The highest BCUT2D eigenvalue weighted by Gasteiger charge is 2.31. The number of aliphatic carboxylic acids is 1. The van der Waals surface area contributed by atoms with Gasteiger partial charge in [-0.2, -0.15) is 0 Å². The van der Waals surface area contributed by atoms with Crippen LogP contribution >= 0.6 is 0 Å². The van der Waals surface area contributed by atoms with E-state index in [1.807, 2.05) is 32.9 Å². The lowest BCUT2D eigenvalue weighted by Crippen LogP contribution is -2.39. The molecule has 0 aliphatic carbocycles. The molecule has 0 bridgehead atoms. The lowest BCUT2D eigenvalue weighted by molar-refractivity contribution is -0.152. The van der Waals surface area contributed by atoms with Crippen LogP contribution in [0.15, 0.2) is 42.5 Å². The van der Waals surface area contributed by atoms with Crippen molar-refractivity contribution in [1.82, 2.24) is 5.32 Å². The number of anilines is 1. The summed E-state index contributed by atoms with van der Waals surface area (Å²) in [4.78, 5) is 24.1. The summed E-state index contributed by atoms with van der Waals surface area (Å²) in [5.74, 6) is 0.478. The van der Waals surface area contributed by atoms with Gasteiger partial charge in [0.05, 0.1) is 25.9 Å². The lowest BCUT2D eigenvalue weighted by Gasteiger charge is -2.32. The molecule has 2 amide bonds. The zero-order valence-electron chi connectivity index (χ0n) is 19.6. The number of hydrogen-bond acceptors (Lipinski definition) is 5. The monoisotopic (exact) mass is 444 g/mol. The topological polar surface area (TPSA) is 106 Å². The maximum atomic E-state index is 12.8. The van der Waals surface area contributed by atoms with E-state index in [-0.39, 0.29) is 17.5 Å². The predicted octanol–water partition coefficient (Wildman–Crippen LogP) is 4.85. The van der Waals surface area contributed by atoms with E-state index < -0.39 is 11.6 Å². The molecule has 0 fully saturated rings. The first kappa shape index (κ1) is 24.8. The number of amides is 2. The van der Waals surface area contributed by atoms with Crippen molar-refractivity contribution in [2.45, 2.75) is 46.3 Å². The lowest BCUT2D eigenvalue weighted by atomic mass is 9.82. The Morgan fingerprint density at radius 3 is 2.00 bits per heavy atom. The Balaban J connectivity index is 2.19. The SMILES string of the molecule is COc1ccc(NC(=O)NC(c2ccc(OC(C)(C)C(=O)O)cc2)C(C)(C)C)c(OC)c1. The molecule has 32 heavy (non-hydrogen) atoms. The highest BCUT2D eigenvalue weighted by molar-refractivity contribution is 5.91. The van der Waals surface area contributed by atoms with Gasteiger partial charge in [-0.1, -0.05) is 32.9 Å². The van der Waals surface area contributed by atoms with Crippen LogP contribution in [0.2, 0.25) is 0 Å². The molecular weight excluding hydrogens is 412 g/mol. The molecule has 0 radical (unpaired) electrons. The molecule has 0 aromatic heterocycles. The fraction of sp³-hybridized carbons (Fsp3) is 0.417. The summed E-state index contributed by atoms with van der Waals surface area (Å²) in [5, 5.41) is 15.1. The Labute approximate surface area is 188 Å². The number of rotatable bonds is 8. The molecular formula is C24H32N2O6. The molecule has 2 aromatic rings. The van der Waals surface area contributed by atoms with E-state index in [0.29, 0.717) is 22.9 Å². The first-order valence-corrected chi connectivity index (χ1v) is 10.2. The molecule has 0 aliphatic rings. The van der Waals surface area contributed by atoms with Crippen LogP contribution in [0.5, 0.6) is 17.2 Å². The summed E-state index contributed by atoms with van der Waals surface area (Å²) in [5.41, 5.74) is -0.280. The number of carboxylic acids is 1. The van der Waals surface area contributed by atoms with Crippen LogP contribution < -0.4 is 24.8 Å². The predicted molar refractivity (Wildman–Crippen MR) is 123 cm³/mol. The largest absolute Gasteiger partial charge is 0.497 e. The van der Waals surface area contributed by atoms with Gasteiger partial charge in [0, 0.05) is 6.07 Å². The number of hydrogen-bond donors (Lipinski definition) is 3. The summed E-state index contributed by atoms with van der Waals surface area (Å²) >= 11 is 0. The quantitative estimate of drug-likeness (QED) is 0.537. The Bertz CT molecular complexity index is 948. The van der Waals surface area contributed by atoms with Crippen LogP contribution in [0.3, 0.4) is 0 Å². The highest BCUT2D eigenvalue weighted by Crippen LogP contribution is 2.34. The average molecular weight is 445 g/mol. The van der Waals surface area contributed by atoms with E-state index in [1.165, 1.54) is 21.0 Å². The minimum Gasteiger partial charge on any atom is -0.497 e. The first-order chi connectivity index (χ1) is 14.9. The van der Waals surface area contributed by atoms with E-state index in [1.54, 1.807) is 37.4 Å². The van der Waals surface area contributed by atoms with Gasteiger partial charge in [-0.3, -0.25) is 0 Å². The molecule has 0 saturated heterocycles. The number of nitrogens with one attached hydrogen (secondary N) is 2. The number of carbonyl (C=O) groups is 2. The number of methoxy groups -OCH3 is 2. The minimum absolute atomic E-state index is 0.302. The van der Waals surface area contributed by atoms with Crippen LogP contribution in [-0.4, -0.2) is 36.9 Å². The number of carbonyl (C=O) groups excluding carboxylic acids is 1. The van der Waals surface area contributed by atoms with Crippen molar-refractivity contribution in [3.63, 3.8) is 0 Å². The maximum Gasteiger partial charge on any atom is 0.347 e. The average Bonchev–Trinajstić information content (AvgIpc) is 2.72. The summed E-state index contributed by atoms with van der Waals surface area (Å²) in [7, 11) is 3.08. The maximum absolute atomic E-state index is 12.8. The number of urea groups is 1. The molecule has 1 atom stereocenters. The zero-order valence-corrected chi connectivity index (χ0v) is 19.6. The molecule has 2 aromatic carbocycles. The summed E-state index contributed by atoms with van der Waals surface area (Å²) in [6, 6.07) is 11.4. The summed E-state index contributed by atoms with van der Waals surface area (Å²) < 4.78 is 16.1. The van der Waals surface area contributed by atoms with E-state index in [0.717, 1.165) is 5.56 Å². The van der Waals surface area contributed by atoms with Crippen LogP contribution in [0.1, 0.15) is 46.2 Å². The van der Waals surface area contributed by atoms with Gasteiger partial charge in [-0.25, -0.2) is 9.59 Å². The highest BCUT2D eigenvalue weighted by atomic mass is 16.5. The van der Waals surface area contributed by atoms with Crippen molar-refractivity contribution >= 4 is 17.7 Å². The number of ether oxygens (including phenoxy) is 3. The molecule has 3 N–H and O–H groups in total. The van der Waals surface area contributed by atoms with Crippen molar-refractivity contribution in [1.29, 1.82) is 0 Å². The molecule has 174 valence electrons. The van der Waals surface area contributed by atoms with Crippen LogP contribution in [0, 0.1) is 5.41 Å². The summed E-state index contributed by atoms with van der Waals surface area (Å²) in [6.07, 6.45) is 0. The van der Waals surface area contributed by atoms with Gasteiger partial charge in [-0.15, -0.1) is 0 Å². The van der Waals surface area contributed by atoms with Crippen molar-refractivity contribution in [3.05, 3.63) is 48.0 Å². The van der Waals surface area contributed by atoms with Crippen molar-refractivity contribution in [3.8, 4) is 17.2 Å². The third-order valence-electron chi connectivity index (χ3n) is 4.90. The van der Waals surface area contributed by atoms with E-state index in [2.05, 4.69) is 10.6 Å². The summed E-state index contributed by atoms with van der Waals surface area (Å²) in [6.45, 7) is 9.03. The van der Waals surface area contributed by atoms with Gasteiger partial charge < -0.3 is 30.0 Å². The van der Waals surface area contributed by atoms with Gasteiger partial charge in [0.1, 0.15) is 17.2 Å². The number of carboxylic acid groups (broad SMARTS) is 1.